The van der Waals surface area contributed by atoms with Gasteiger partial charge in [-0.3, -0.25) is 0 Å². The van der Waals surface area contributed by atoms with Crippen molar-refractivity contribution in [3.8, 4) is 0 Å². The number of halogens is 1. The maximum Gasteiger partial charge on any atom is 0.182 e. The zero-order valence-electron chi connectivity index (χ0n) is 9.00. The summed E-state index contributed by atoms with van der Waals surface area (Å²) in [4.78, 5) is 14.4. The number of aromatic nitrogens is 3. The van der Waals surface area contributed by atoms with E-state index in [4.69, 9.17) is 17.3 Å². The van der Waals surface area contributed by atoms with Gasteiger partial charge in [0.05, 0.1) is 4.90 Å². The first-order valence-corrected chi connectivity index (χ1v) is 7.05. The van der Waals surface area contributed by atoms with Crippen LogP contribution in [0.1, 0.15) is 0 Å². The molecule has 0 aromatic carbocycles. The number of nitrogen functional groups attached to an aromatic ring is 1. The smallest absolute Gasteiger partial charge is 0.182 e. The van der Waals surface area contributed by atoms with E-state index in [2.05, 4.69) is 15.0 Å². The van der Waals surface area contributed by atoms with Gasteiger partial charge in [0.15, 0.2) is 5.13 Å². The van der Waals surface area contributed by atoms with Gasteiger partial charge in [-0.15, -0.1) is 0 Å². The van der Waals surface area contributed by atoms with E-state index in [9.17, 15) is 0 Å². The number of thiazole rings is 1. The minimum atomic E-state index is 0.480. The Balaban J connectivity index is 1.97. The molecule has 3 aromatic rings. The zero-order valence-corrected chi connectivity index (χ0v) is 11.4. The molecule has 3 rings (SSSR count). The summed E-state index contributed by atoms with van der Waals surface area (Å²) in [5.74, 6) is 0. The molecule has 2 N–H and O–H groups in total. The van der Waals surface area contributed by atoms with Crippen LogP contribution in [0.25, 0.3) is 10.3 Å². The van der Waals surface area contributed by atoms with Gasteiger partial charge >= 0.3 is 0 Å². The summed E-state index contributed by atoms with van der Waals surface area (Å²) < 4.78 is 0. The SMILES string of the molecule is Nc1nc2ccc(Sc3cccnc3Cl)nc2s1. The van der Waals surface area contributed by atoms with E-state index in [1.54, 1.807) is 6.20 Å². The van der Waals surface area contributed by atoms with E-state index < -0.39 is 0 Å². The minimum Gasteiger partial charge on any atom is -0.375 e. The molecule has 0 saturated carbocycles. The molecule has 0 bridgehead atoms. The van der Waals surface area contributed by atoms with Crippen LogP contribution in [0.5, 0.6) is 0 Å². The molecule has 3 heterocycles. The summed E-state index contributed by atoms with van der Waals surface area (Å²) in [6.45, 7) is 0. The predicted molar refractivity (Wildman–Crippen MR) is 75.2 cm³/mol. The van der Waals surface area contributed by atoms with E-state index in [-0.39, 0.29) is 0 Å². The Kier molecular flexibility index (Phi) is 3.07. The van der Waals surface area contributed by atoms with Crippen molar-refractivity contribution in [3.05, 3.63) is 35.6 Å². The maximum absolute atomic E-state index is 6.01. The second kappa shape index (κ2) is 4.72. The molecule has 0 spiro atoms. The molecule has 0 aliphatic heterocycles. The van der Waals surface area contributed by atoms with Gasteiger partial charge < -0.3 is 5.73 Å². The molecule has 0 atom stereocenters. The summed E-state index contributed by atoms with van der Waals surface area (Å²) in [6.07, 6.45) is 1.66. The second-order valence-electron chi connectivity index (χ2n) is 3.42. The summed E-state index contributed by atoms with van der Waals surface area (Å²) in [6, 6.07) is 7.56. The van der Waals surface area contributed by atoms with Crippen molar-refractivity contribution in [1.29, 1.82) is 0 Å². The van der Waals surface area contributed by atoms with Crippen molar-refractivity contribution in [3.63, 3.8) is 0 Å². The van der Waals surface area contributed by atoms with Gasteiger partial charge in [0.25, 0.3) is 0 Å². The first kappa shape index (κ1) is 11.7. The fraction of sp³-hybridized carbons (Fsp3) is 0. The number of nitrogens with two attached hydrogens (primary N) is 1. The number of fused-ring (bicyclic) bond motifs is 1. The highest BCUT2D eigenvalue weighted by atomic mass is 35.5. The highest BCUT2D eigenvalue weighted by Crippen LogP contribution is 2.32. The monoisotopic (exact) mass is 294 g/mol. The third kappa shape index (κ3) is 2.27. The Morgan fingerprint density at radius 2 is 2.11 bits per heavy atom. The molecule has 0 aliphatic rings. The molecule has 3 aromatic heterocycles. The first-order valence-electron chi connectivity index (χ1n) is 5.04. The summed E-state index contributed by atoms with van der Waals surface area (Å²) >= 11 is 8.85. The average molecular weight is 295 g/mol. The molecule has 7 heteroatoms. The minimum absolute atomic E-state index is 0.480. The highest BCUT2D eigenvalue weighted by molar-refractivity contribution is 7.99. The Morgan fingerprint density at radius 1 is 1.22 bits per heavy atom. The van der Waals surface area contributed by atoms with Crippen molar-refractivity contribution in [2.45, 2.75) is 9.92 Å². The molecule has 90 valence electrons. The van der Waals surface area contributed by atoms with Gasteiger partial charge in [-0.1, -0.05) is 34.7 Å². The normalized spacial score (nSPS) is 10.9. The van der Waals surface area contributed by atoms with Gasteiger partial charge in [0, 0.05) is 6.20 Å². The van der Waals surface area contributed by atoms with E-state index in [0.29, 0.717) is 10.3 Å². The van der Waals surface area contributed by atoms with Crippen LogP contribution in [0.2, 0.25) is 5.15 Å². The Morgan fingerprint density at radius 3 is 2.94 bits per heavy atom. The van der Waals surface area contributed by atoms with Crippen LogP contribution in [0, 0.1) is 0 Å². The lowest BCUT2D eigenvalue weighted by molar-refractivity contribution is 1.18. The average Bonchev–Trinajstić information content (AvgIpc) is 2.71. The summed E-state index contributed by atoms with van der Waals surface area (Å²) in [7, 11) is 0. The standard InChI is InChI=1S/C11H7ClN4S2/c12-9-7(2-1-5-14-9)17-8-4-3-6-10(16-8)18-11(13)15-6/h1-5H,(H2,13,15). The van der Waals surface area contributed by atoms with Crippen LogP contribution in [0.15, 0.2) is 40.4 Å². The van der Waals surface area contributed by atoms with E-state index in [1.807, 2.05) is 24.3 Å². The quantitative estimate of drug-likeness (QED) is 0.733. The van der Waals surface area contributed by atoms with E-state index in [1.165, 1.54) is 23.1 Å². The molecule has 18 heavy (non-hydrogen) atoms. The molecular weight excluding hydrogens is 288 g/mol. The van der Waals surface area contributed by atoms with Crippen molar-refractivity contribution in [2.75, 3.05) is 5.73 Å². The molecule has 0 amide bonds. The highest BCUT2D eigenvalue weighted by Gasteiger charge is 2.07. The van der Waals surface area contributed by atoms with Gasteiger partial charge in [-0.25, -0.2) is 15.0 Å². The van der Waals surface area contributed by atoms with Crippen LogP contribution >= 0.6 is 34.7 Å². The predicted octanol–water partition coefficient (Wildman–Crippen LogP) is 3.47. The Hall–Kier alpha value is -1.37. The van der Waals surface area contributed by atoms with Crippen molar-refractivity contribution in [2.24, 2.45) is 0 Å². The molecule has 0 aliphatic carbocycles. The van der Waals surface area contributed by atoms with Crippen LogP contribution < -0.4 is 5.73 Å². The summed E-state index contributed by atoms with van der Waals surface area (Å²) in [5, 5.41) is 1.85. The number of rotatable bonds is 2. The fourth-order valence-electron chi connectivity index (χ4n) is 1.43. The van der Waals surface area contributed by atoms with Gasteiger partial charge in [-0.2, -0.15) is 0 Å². The van der Waals surface area contributed by atoms with Gasteiger partial charge in [-0.05, 0) is 24.3 Å². The number of anilines is 1. The molecule has 0 fully saturated rings. The van der Waals surface area contributed by atoms with Crippen molar-refractivity contribution in [1.82, 2.24) is 15.0 Å². The summed E-state index contributed by atoms with van der Waals surface area (Å²) in [5.41, 5.74) is 6.47. The van der Waals surface area contributed by atoms with Crippen LogP contribution in [-0.2, 0) is 0 Å². The van der Waals surface area contributed by atoms with Gasteiger partial charge in [0.2, 0.25) is 0 Å². The number of pyridine rings is 2. The Bertz CT molecular complexity index is 713. The van der Waals surface area contributed by atoms with Crippen LogP contribution in [0.4, 0.5) is 5.13 Å². The third-order valence-corrected chi connectivity index (χ3v) is 4.38. The van der Waals surface area contributed by atoms with E-state index in [0.717, 1.165) is 20.3 Å². The molecule has 4 nitrogen and oxygen atoms in total. The largest absolute Gasteiger partial charge is 0.375 e. The number of hydrogen-bond donors (Lipinski definition) is 1. The maximum atomic E-state index is 6.01. The Labute approximate surface area is 116 Å². The topological polar surface area (TPSA) is 64.7 Å². The number of hydrogen-bond acceptors (Lipinski definition) is 6. The fourth-order valence-corrected chi connectivity index (χ4v) is 3.21. The number of nitrogens with zero attached hydrogens (tertiary/aromatic N) is 3. The first-order chi connectivity index (χ1) is 8.72. The molecule has 0 unspecified atom stereocenters. The molecule has 0 saturated heterocycles. The van der Waals surface area contributed by atoms with E-state index >= 15 is 0 Å². The second-order valence-corrected chi connectivity index (χ2v) is 5.85. The van der Waals surface area contributed by atoms with Crippen LogP contribution in [0.3, 0.4) is 0 Å². The lowest BCUT2D eigenvalue weighted by atomic mass is 10.5. The lowest BCUT2D eigenvalue weighted by Gasteiger charge is -2.01. The molecular formula is C11H7ClN4S2. The third-order valence-electron chi connectivity index (χ3n) is 2.19. The molecule has 0 radical (unpaired) electrons. The zero-order chi connectivity index (χ0) is 12.5. The van der Waals surface area contributed by atoms with Crippen molar-refractivity contribution >= 4 is 50.2 Å². The van der Waals surface area contributed by atoms with Crippen molar-refractivity contribution < 1.29 is 0 Å². The van der Waals surface area contributed by atoms with Crippen LogP contribution in [-0.4, -0.2) is 15.0 Å². The lowest BCUT2D eigenvalue weighted by Crippen LogP contribution is -1.82. The van der Waals surface area contributed by atoms with Gasteiger partial charge in [0.1, 0.15) is 20.5 Å².